The quantitative estimate of drug-likeness (QED) is 0.884. The van der Waals surface area contributed by atoms with E-state index in [0.717, 1.165) is 24.3 Å². The number of aryl methyl sites for hydroxylation is 1. The third-order valence-electron chi connectivity index (χ3n) is 3.23. The molecule has 1 aromatic rings. The van der Waals surface area contributed by atoms with Crippen LogP contribution < -0.4 is 5.32 Å². The summed E-state index contributed by atoms with van der Waals surface area (Å²) in [5.41, 5.74) is 0.151. The molecule has 0 saturated carbocycles. The van der Waals surface area contributed by atoms with E-state index >= 15 is 0 Å². The number of rotatable bonds is 4. The molecule has 2 rings (SSSR count). The van der Waals surface area contributed by atoms with Gasteiger partial charge in [0.25, 0.3) is 0 Å². The Morgan fingerprint density at radius 2 is 2.16 bits per heavy atom. The highest BCUT2D eigenvalue weighted by Gasteiger charge is 2.21. The standard InChI is InChI=1S/C13H17NO4S/c1-8-11(13(16)17)6-10(18-8)7-14-12(15)9-2-4-19-5-3-9/h6,9H,2-5,7H2,1H3,(H,14,15)(H,16,17). The van der Waals surface area contributed by atoms with Crippen LogP contribution in [0.2, 0.25) is 0 Å². The highest BCUT2D eigenvalue weighted by Crippen LogP contribution is 2.23. The Hall–Kier alpha value is -1.43. The van der Waals surface area contributed by atoms with E-state index in [1.54, 1.807) is 6.92 Å². The number of aromatic carboxylic acids is 1. The molecule has 1 aliphatic rings. The number of furan rings is 1. The summed E-state index contributed by atoms with van der Waals surface area (Å²) in [6, 6.07) is 1.47. The fraction of sp³-hybridized carbons (Fsp3) is 0.538. The minimum atomic E-state index is -1.01. The van der Waals surface area contributed by atoms with Crippen molar-refractivity contribution >= 4 is 23.6 Å². The van der Waals surface area contributed by atoms with E-state index in [1.807, 2.05) is 11.8 Å². The summed E-state index contributed by atoms with van der Waals surface area (Å²) in [6.07, 6.45) is 1.82. The number of thioether (sulfide) groups is 1. The van der Waals surface area contributed by atoms with Gasteiger partial charge < -0.3 is 14.8 Å². The molecule has 2 N–H and O–H groups in total. The first-order valence-electron chi connectivity index (χ1n) is 6.26. The Morgan fingerprint density at radius 3 is 2.74 bits per heavy atom. The number of carbonyl (C=O) groups is 2. The Labute approximate surface area is 115 Å². The van der Waals surface area contributed by atoms with Gasteiger partial charge in [-0.3, -0.25) is 4.79 Å². The van der Waals surface area contributed by atoms with Crippen molar-refractivity contribution in [3.8, 4) is 0 Å². The van der Waals surface area contributed by atoms with E-state index < -0.39 is 5.97 Å². The van der Waals surface area contributed by atoms with Crippen LogP contribution in [0.3, 0.4) is 0 Å². The Kier molecular flexibility index (Phi) is 4.52. The van der Waals surface area contributed by atoms with Crippen molar-refractivity contribution in [2.75, 3.05) is 11.5 Å². The molecule has 1 aromatic heterocycles. The molecular formula is C13H17NO4S. The van der Waals surface area contributed by atoms with Crippen molar-refractivity contribution in [1.29, 1.82) is 0 Å². The average molecular weight is 283 g/mol. The van der Waals surface area contributed by atoms with Crippen LogP contribution in [0.4, 0.5) is 0 Å². The molecule has 5 nitrogen and oxygen atoms in total. The van der Waals surface area contributed by atoms with Gasteiger partial charge in [0.1, 0.15) is 17.1 Å². The fourth-order valence-electron chi connectivity index (χ4n) is 2.12. The second-order valence-electron chi connectivity index (χ2n) is 4.59. The predicted molar refractivity (Wildman–Crippen MR) is 72.3 cm³/mol. The zero-order valence-corrected chi connectivity index (χ0v) is 11.6. The summed E-state index contributed by atoms with van der Waals surface area (Å²) in [5, 5.41) is 11.7. The zero-order chi connectivity index (χ0) is 13.8. The molecule has 1 saturated heterocycles. The molecule has 0 aliphatic carbocycles. The van der Waals surface area contributed by atoms with Crippen molar-refractivity contribution in [1.82, 2.24) is 5.32 Å². The van der Waals surface area contributed by atoms with Crippen LogP contribution in [0.1, 0.15) is 34.7 Å². The van der Waals surface area contributed by atoms with E-state index in [2.05, 4.69) is 5.32 Å². The number of carbonyl (C=O) groups excluding carboxylic acids is 1. The second-order valence-corrected chi connectivity index (χ2v) is 5.82. The van der Waals surface area contributed by atoms with Crippen molar-refractivity contribution in [3.05, 3.63) is 23.2 Å². The van der Waals surface area contributed by atoms with Crippen LogP contribution in [0.15, 0.2) is 10.5 Å². The van der Waals surface area contributed by atoms with Gasteiger partial charge >= 0.3 is 5.97 Å². The molecule has 0 aromatic carbocycles. The number of amides is 1. The molecule has 6 heteroatoms. The van der Waals surface area contributed by atoms with Gasteiger partial charge in [0.15, 0.2) is 0 Å². The van der Waals surface area contributed by atoms with Crippen LogP contribution in [0.5, 0.6) is 0 Å². The lowest BCUT2D eigenvalue weighted by molar-refractivity contribution is -0.125. The van der Waals surface area contributed by atoms with Gasteiger partial charge in [-0.2, -0.15) is 11.8 Å². The highest BCUT2D eigenvalue weighted by molar-refractivity contribution is 7.99. The van der Waals surface area contributed by atoms with Crippen molar-refractivity contribution in [2.24, 2.45) is 5.92 Å². The van der Waals surface area contributed by atoms with Gasteiger partial charge in [-0.15, -0.1) is 0 Å². The SMILES string of the molecule is Cc1oc(CNC(=O)C2CCSCC2)cc1C(=O)O. The monoisotopic (exact) mass is 283 g/mol. The number of carboxylic acid groups (broad SMARTS) is 1. The van der Waals surface area contributed by atoms with Crippen LogP contribution in [0, 0.1) is 12.8 Å². The zero-order valence-electron chi connectivity index (χ0n) is 10.8. The largest absolute Gasteiger partial charge is 0.478 e. The third-order valence-corrected chi connectivity index (χ3v) is 4.28. The molecule has 2 heterocycles. The first-order valence-corrected chi connectivity index (χ1v) is 7.41. The summed E-state index contributed by atoms with van der Waals surface area (Å²) in [7, 11) is 0. The van der Waals surface area contributed by atoms with E-state index in [-0.39, 0.29) is 23.9 Å². The fourth-order valence-corrected chi connectivity index (χ4v) is 3.23. The van der Waals surface area contributed by atoms with Gasteiger partial charge in [-0.25, -0.2) is 4.79 Å². The van der Waals surface area contributed by atoms with E-state index in [9.17, 15) is 9.59 Å². The maximum absolute atomic E-state index is 11.9. The highest BCUT2D eigenvalue weighted by atomic mass is 32.2. The Bertz CT molecular complexity index is 477. The van der Waals surface area contributed by atoms with E-state index in [1.165, 1.54) is 6.07 Å². The molecule has 104 valence electrons. The molecule has 1 fully saturated rings. The van der Waals surface area contributed by atoms with Gasteiger partial charge in [0.05, 0.1) is 6.54 Å². The minimum Gasteiger partial charge on any atom is -0.478 e. The molecule has 0 radical (unpaired) electrons. The van der Waals surface area contributed by atoms with Crippen LogP contribution in [0.25, 0.3) is 0 Å². The first kappa shape index (κ1) is 14.0. The third kappa shape index (κ3) is 3.53. The molecule has 0 bridgehead atoms. The summed E-state index contributed by atoms with van der Waals surface area (Å²) >= 11 is 1.88. The molecule has 1 amide bonds. The topological polar surface area (TPSA) is 79.5 Å². The van der Waals surface area contributed by atoms with Gasteiger partial charge in [0.2, 0.25) is 5.91 Å². The van der Waals surface area contributed by atoms with Crippen molar-refractivity contribution in [2.45, 2.75) is 26.3 Å². The Morgan fingerprint density at radius 1 is 1.47 bits per heavy atom. The minimum absolute atomic E-state index is 0.0335. The lowest BCUT2D eigenvalue weighted by Gasteiger charge is -2.20. The number of carboxylic acids is 1. The summed E-state index contributed by atoms with van der Waals surface area (Å²) in [5.74, 6) is 2.01. The van der Waals surface area contributed by atoms with Gasteiger partial charge in [-0.05, 0) is 37.3 Å². The normalized spacial score (nSPS) is 16.3. The first-order chi connectivity index (χ1) is 9.08. The molecule has 1 aliphatic heterocycles. The molecule has 0 atom stereocenters. The lowest BCUT2D eigenvalue weighted by atomic mass is 10.0. The van der Waals surface area contributed by atoms with Crippen LogP contribution >= 0.6 is 11.8 Å². The second kappa shape index (κ2) is 6.14. The van der Waals surface area contributed by atoms with Gasteiger partial charge in [-0.1, -0.05) is 0 Å². The maximum atomic E-state index is 11.9. The van der Waals surface area contributed by atoms with Crippen LogP contribution in [-0.4, -0.2) is 28.5 Å². The van der Waals surface area contributed by atoms with E-state index in [4.69, 9.17) is 9.52 Å². The molecule has 0 spiro atoms. The van der Waals surface area contributed by atoms with Crippen molar-refractivity contribution < 1.29 is 19.1 Å². The van der Waals surface area contributed by atoms with Crippen molar-refractivity contribution in [3.63, 3.8) is 0 Å². The summed E-state index contributed by atoms with van der Waals surface area (Å²) in [6.45, 7) is 1.85. The van der Waals surface area contributed by atoms with E-state index in [0.29, 0.717) is 11.5 Å². The predicted octanol–water partition coefficient (Wildman–Crippen LogP) is 2.05. The van der Waals surface area contributed by atoms with Gasteiger partial charge in [0, 0.05) is 5.92 Å². The lowest BCUT2D eigenvalue weighted by Crippen LogP contribution is -2.32. The smallest absolute Gasteiger partial charge is 0.339 e. The summed E-state index contributed by atoms with van der Waals surface area (Å²) < 4.78 is 5.31. The number of hydrogen-bond acceptors (Lipinski definition) is 4. The van der Waals surface area contributed by atoms with Crippen LogP contribution in [-0.2, 0) is 11.3 Å². The maximum Gasteiger partial charge on any atom is 0.339 e. The number of nitrogens with one attached hydrogen (secondary N) is 1. The number of hydrogen-bond donors (Lipinski definition) is 2. The Balaban J connectivity index is 1.89. The average Bonchev–Trinajstić information content (AvgIpc) is 2.78. The molecular weight excluding hydrogens is 266 g/mol. The summed E-state index contributed by atoms with van der Waals surface area (Å²) in [4.78, 5) is 22.8. The molecule has 0 unspecified atom stereocenters. The molecule has 19 heavy (non-hydrogen) atoms.